The van der Waals surface area contributed by atoms with Crippen molar-refractivity contribution in [2.45, 2.75) is 6.92 Å². The summed E-state index contributed by atoms with van der Waals surface area (Å²) in [6.07, 6.45) is 0. The molecule has 0 amide bonds. The van der Waals surface area contributed by atoms with Crippen LogP contribution in [0, 0.1) is 14.1 Å². The second kappa shape index (κ2) is 5.29. The van der Waals surface area contributed by atoms with Crippen LogP contribution < -0.4 is 0 Å². The van der Waals surface area contributed by atoms with E-state index >= 15 is 0 Å². The van der Waals surface area contributed by atoms with Crippen LogP contribution >= 0.6 is 67.8 Å². The molecule has 0 spiro atoms. The highest BCUT2D eigenvalue weighted by Gasteiger charge is 2.04. The lowest BCUT2D eigenvalue weighted by Gasteiger charge is -2.07. The fourth-order valence-electron chi connectivity index (χ4n) is 1.01. The van der Waals surface area contributed by atoms with E-state index in [0.717, 1.165) is 4.43 Å². The largest absolute Gasteiger partial charge is 0.0945 e. The monoisotopic (exact) mass is 510 g/mol. The van der Waals surface area contributed by atoms with Gasteiger partial charge in [0, 0.05) is 11.6 Å². The molecule has 0 atom stereocenters. The summed E-state index contributed by atoms with van der Waals surface area (Å²) < 4.78 is 3.66. The molecule has 1 aromatic carbocycles. The van der Waals surface area contributed by atoms with Gasteiger partial charge in [0.2, 0.25) is 0 Å². The second-order valence-electron chi connectivity index (χ2n) is 2.83. The van der Waals surface area contributed by atoms with Gasteiger partial charge < -0.3 is 0 Å². The predicted octanol–water partition coefficient (Wildman–Crippen LogP) is 4.65. The molecular formula is C10H9I3. The number of rotatable bonds is 2. The first-order valence-corrected chi connectivity index (χ1v) is 7.44. The summed E-state index contributed by atoms with van der Waals surface area (Å²) in [4.78, 5) is 0. The van der Waals surface area contributed by atoms with E-state index in [1.54, 1.807) is 0 Å². The first-order valence-electron chi connectivity index (χ1n) is 3.76. The summed E-state index contributed by atoms with van der Waals surface area (Å²) in [7, 11) is 0. The molecule has 1 rings (SSSR count). The number of hydrogen-bond acceptors (Lipinski definition) is 0. The third-order valence-corrected chi connectivity index (χ3v) is 6.02. The van der Waals surface area contributed by atoms with Gasteiger partial charge in [-0.05, 0) is 74.9 Å². The van der Waals surface area contributed by atoms with Gasteiger partial charge in [0.25, 0.3) is 0 Å². The molecule has 0 radical (unpaired) electrons. The van der Waals surface area contributed by atoms with E-state index in [0.29, 0.717) is 0 Å². The first kappa shape index (κ1) is 12.2. The zero-order valence-corrected chi connectivity index (χ0v) is 13.7. The second-order valence-corrected chi connectivity index (χ2v) is 5.83. The van der Waals surface area contributed by atoms with Crippen LogP contribution in [0.3, 0.4) is 0 Å². The van der Waals surface area contributed by atoms with Crippen LogP contribution in [0.4, 0.5) is 0 Å². The Morgan fingerprint density at radius 2 is 2.00 bits per heavy atom. The van der Waals surface area contributed by atoms with Gasteiger partial charge >= 0.3 is 0 Å². The molecule has 0 saturated heterocycles. The third kappa shape index (κ3) is 3.05. The molecule has 3 heteroatoms. The fraction of sp³-hybridized carbons (Fsp3) is 0.200. The molecule has 0 unspecified atom stereocenters. The molecule has 0 N–H and O–H groups in total. The van der Waals surface area contributed by atoms with E-state index in [1.165, 1.54) is 23.8 Å². The van der Waals surface area contributed by atoms with Gasteiger partial charge in [-0.1, -0.05) is 35.2 Å². The number of alkyl halides is 1. The van der Waals surface area contributed by atoms with Gasteiger partial charge in [-0.2, -0.15) is 0 Å². The van der Waals surface area contributed by atoms with Crippen molar-refractivity contribution in [1.82, 2.24) is 0 Å². The standard InChI is InChI=1S/C10H9I3/c1-6-3-8(7(2)5-11)4-9(12)10(6)13/h3-4H,2,5H2,1H3. The van der Waals surface area contributed by atoms with Gasteiger partial charge in [0.05, 0.1) is 0 Å². The number of halogens is 3. The normalized spacial score (nSPS) is 10.2. The lowest BCUT2D eigenvalue weighted by atomic mass is 10.1. The Balaban J connectivity index is 3.20. The van der Waals surface area contributed by atoms with Crippen molar-refractivity contribution in [2.75, 3.05) is 4.43 Å². The third-order valence-electron chi connectivity index (χ3n) is 1.78. The highest BCUT2D eigenvalue weighted by Crippen LogP contribution is 2.25. The average molecular weight is 510 g/mol. The van der Waals surface area contributed by atoms with E-state index in [-0.39, 0.29) is 0 Å². The molecule has 1 aromatic rings. The van der Waals surface area contributed by atoms with Crippen LogP contribution in [0.2, 0.25) is 0 Å². The molecule has 0 heterocycles. The van der Waals surface area contributed by atoms with Crippen LogP contribution in [0.1, 0.15) is 11.1 Å². The molecule has 0 saturated carbocycles. The minimum atomic E-state index is 0.994. The maximum atomic E-state index is 4.04. The van der Waals surface area contributed by atoms with Gasteiger partial charge in [-0.15, -0.1) is 0 Å². The number of benzene rings is 1. The Morgan fingerprint density at radius 1 is 1.38 bits per heavy atom. The SMILES string of the molecule is C=C(CI)c1cc(C)c(I)c(I)c1. The minimum absolute atomic E-state index is 0.994. The molecule has 13 heavy (non-hydrogen) atoms. The lowest BCUT2D eigenvalue weighted by Crippen LogP contribution is -1.91. The fourth-order valence-corrected chi connectivity index (χ4v) is 2.52. The lowest BCUT2D eigenvalue weighted by molar-refractivity contribution is 1.38. The Bertz CT molecular complexity index is 319. The van der Waals surface area contributed by atoms with E-state index in [4.69, 9.17) is 0 Å². The van der Waals surface area contributed by atoms with Crippen molar-refractivity contribution in [3.05, 3.63) is 37.0 Å². The zero-order chi connectivity index (χ0) is 10.0. The Kier molecular flexibility index (Phi) is 4.98. The Morgan fingerprint density at radius 3 is 2.46 bits per heavy atom. The summed E-state index contributed by atoms with van der Waals surface area (Å²) in [5, 5.41) is 0. The number of aryl methyl sites for hydroxylation is 1. The van der Waals surface area contributed by atoms with Crippen molar-refractivity contribution in [1.29, 1.82) is 0 Å². The quantitative estimate of drug-likeness (QED) is 0.402. The van der Waals surface area contributed by atoms with E-state index in [1.807, 2.05) is 0 Å². The van der Waals surface area contributed by atoms with Gasteiger partial charge in [0.15, 0.2) is 0 Å². The highest BCUT2D eigenvalue weighted by molar-refractivity contribution is 14.1. The van der Waals surface area contributed by atoms with Crippen molar-refractivity contribution in [3.8, 4) is 0 Å². The van der Waals surface area contributed by atoms with Crippen molar-refractivity contribution in [3.63, 3.8) is 0 Å². The minimum Gasteiger partial charge on any atom is -0.0945 e. The van der Waals surface area contributed by atoms with Crippen molar-refractivity contribution in [2.24, 2.45) is 0 Å². The maximum Gasteiger partial charge on any atom is 0.0293 e. The summed E-state index contributed by atoms with van der Waals surface area (Å²) in [6.45, 7) is 6.19. The van der Waals surface area contributed by atoms with E-state index < -0.39 is 0 Å². The summed E-state index contributed by atoms with van der Waals surface area (Å²) in [5.74, 6) is 0. The van der Waals surface area contributed by atoms with Crippen LogP contribution in [-0.4, -0.2) is 4.43 Å². The van der Waals surface area contributed by atoms with Crippen LogP contribution in [-0.2, 0) is 0 Å². The van der Waals surface area contributed by atoms with Gasteiger partial charge in [-0.3, -0.25) is 0 Å². The Labute approximate surface area is 120 Å². The molecule has 0 nitrogen and oxygen atoms in total. The van der Waals surface area contributed by atoms with Crippen molar-refractivity contribution < 1.29 is 0 Å². The number of allylic oxidation sites excluding steroid dienone is 1. The molecule has 0 bridgehead atoms. The summed E-state index contributed by atoms with van der Waals surface area (Å²) in [6, 6.07) is 4.42. The predicted molar refractivity (Wildman–Crippen MR) is 84.5 cm³/mol. The smallest absolute Gasteiger partial charge is 0.0293 e. The summed E-state index contributed by atoms with van der Waals surface area (Å²) in [5.41, 5.74) is 3.82. The van der Waals surface area contributed by atoms with E-state index in [9.17, 15) is 0 Å². The molecule has 0 aliphatic heterocycles. The molecule has 0 aromatic heterocycles. The van der Waals surface area contributed by atoms with Gasteiger partial charge in [0.1, 0.15) is 0 Å². The van der Waals surface area contributed by atoms with Crippen molar-refractivity contribution >= 4 is 73.3 Å². The van der Waals surface area contributed by atoms with Crippen LogP contribution in [0.5, 0.6) is 0 Å². The first-order chi connectivity index (χ1) is 6.06. The number of hydrogen-bond donors (Lipinski definition) is 0. The summed E-state index contributed by atoms with van der Waals surface area (Å²) >= 11 is 7.10. The van der Waals surface area contributed by atoms with Crippen LogP contribution in [0.15, 0.2) is 18.7 Å². The zero-order valence-electron chi connectivity index (χ0n) is 7.20. The highest BCUT2D eigenvalue weighted by atomic mass is 127. The molecule has 0 aliphatic rings. The Hall–Kier alpha value is 1.15. The van der Waals surface area contributed by atoms with E-state index in [2.05, 4.69) is 93.4 Å². The molecule has 0 aliphatic carbocycles. The van der Waals surface area contributed by atoms with Gasteiger partial charge in [-0.25, -0.2) is 0 Å². The van der Waals surface area contributed by atoms with Crippen LogP contribution in [0.25, 0.3) is 5.57 Å². The average Bonchev–Trinajstić information content (AvgIpc) is 2.12. The topological polar surface area (TPSA) is 0 Å². The molecule has 70 valence electrons. The molecule has 0 fully saturated rings. The maximum absolute atomic E-state index is 4.04. The molecular weight excluding hydrogens is 501 g/mol.